The van der Waals surface area contributed by atoms with Crippen LogP contribution in [0.3, 0.4) is 0 Å². The lowest BCUT2D eigenvalue weighted by Gasteiger charge is -2.38. The number of nitrogens with one attached hydrogen (secondary N) is 3. The quantitative estimate of drug-likeness (QED) is 0.331. The van der Waals surface area contributed by atoms with Crippen LogP contribution in [0.2, 0.25) is 0 Å². The zero-order chi connectivity index (χ0) is 25.0. The number of halogens is 1. The first kappa shape index (κ1) is 27.2. The molecule has 4 N–H and O–H groups in total. The monoisotopic (exact) mass is 490 g/mol. The van der Waals surface area contributed by atoms with Gasteiger partial charge >= 0.3 is 12.1 Å². The van der Waals surface area contributed by atoms with Crippen molar-refractivity contribution in [1.29, 1.82) is 0 Å². The molecular weight excluding hydrogens is 447 g/mol. The number of carbonyl (C=O) groups is 2. The van der Waals surface area contributed by atoms with Crippen LogP contribution in [-0.4, -0.2) is 61.4 Å². The smallest absolute Gasteiger partial charge is 0.404 e. The summed E-state index contributed by atoms with van der Waals surface area (Å²) in [4.78, 5) is 26.0. The molecule has 7 nitrogen and oxygen atoms in total. The Morgan fingerprint density at radius 2 is 1.97 bits per heavy atom. The molecule has 3 rings (SSSR count). The Morgan fingerprint density at radius 1 is 1.17 bits per heavy atom. The number of carbonyl (C=O) groups excluding carboxylic acids is 1. The fraction of sp³-hybridized carbons (Fsp3) is 0.704. The highest BCUT2D eigenvalue weighted by Crippen LogP contribution is 2.35. The number of amides is 3. The molecule has 0 aromatic heterocycles. The van der Waals surface area contributed by atoms with Crippen LogP contribution in [0.25, 0.3) is 0 Å². The first-order chi connectivity index (χ1) is 17.0. The number of carboxylic acid groups (broad SMARTS) is 1. The Bertz CT molecular complexity index is 802. The van der Waals surface area contributed by atoms with Crippen molar-refractivity contribution in [2.24, 2.45) is 11.8 Å². The minimum Gasteiger partial charge on any atom is -0.465 e. The summed E-state index contributed by atoms with van der Waals surface area (Å²) in [5.74, 6) is 0.710. The van der Waals surface area contributed by atoms with E-state index in [-0.39, 0.29) is 29.7 Å². The fourth-order valence-electron chi connectivity index (χ4n) is 5.98. The molecule has 1 aromatic rings. The van der Waals surface area contributed by atoms with Gasteiger partial charge in [-0.15, -0.1) is 0 Å². The van der Waals surface area contributed by atoms with Gasteiger partial charge < -0.3 is 26.0 Å². The minimum absolute atomic E-state index is 0.00343. The maximum absolute atomic E-state index is 14.0. The van der Waals surface area contributed by atoms with E-state index < -0.39 is 6.09 Å². The third-order valence-electron chi connectivity index (χ3n) is 7.68. The summed E-state index contributed by atoms with van der Waals surface area (Å²) in [6.07, 6.45) is 9.72. The van der Waals surface area contributed by atoms with Crippen molar-refractivity contribution in [2.45, 2.75) is 76.2 Å². The number of nitrogens with zero attached hydrogens (tertiary/aromatic N) is 1. The van der Waals surface area contributed by atoms with Gasteiger partial charge in [0.25, 0.3) is 0 Å². The normalized spacial score (nSPS) is 20.7. The van der Waals surface area contributed by atoms with Crippen LogP contribution in [0.15, 0.2) is 24.3 Å². The standard InChI is InChI=1S/C27H43FN4O3/c1-29-18-24(16-20-8-3-2-4-9-20)31-26(33)32-15-7-11-22(19-32)25(13-6-14-30-27(34)35)21-10-5-12-23(28)17-21/h5,10,12,17,20,22,24-25,29-30H,2-4,6-9,11,13-16,18-19H2,1H3,(H,31,33)(H,34,35)/t22-,24+,25-/m1/s1. The molecule has 35 heavy (non-hydrogen) atoms. The molecule has 196 valence electrons. The Balaban J connectivity index is 1.62. The lowest BCUT2D eigenvalue weighted by atomic mass is 9.78. The number of benzene rings is 1. The summed E-state index contributed by atoms with van der Waals surface area (Å²) >= 11 is 0. The number of rotatable bonds is 11. The topological polar surface area (TPSA) is 93.7 Å². The van der Waals surface area contributed by atoms with Crippen LogP contribution in [0.1, 0.15) is 75.7 Å². The largest absolute Gasteiger partial charge is 0.465 e. The molecule has 1 aromatic carbocycles. The Morgan fingerprint density at radius 3 is 2.69 bits per heavy atom. The maximum Gasteiger partial charge on any atom is 0.404 e. The number of hydrogen-bond donors (Lipinski definition) is 4. The molecule has 1 aliphatic carbocycles. The number of piperidine rings is 1. The predicted octanol–water partition coefficient (Wildman–Crippen LogP) is 4.94. The molecule has 2 aliphatic rings. The lowest BCUT2D eigenvalue weighted by molar-refractivity contribution is 0.148. The second-order valence-corrected chi connectivity index (χ2v) is 10.3. The van der Waals surface area contributed by atoms with Crippen LogP contribution >= 0.6 is 0 Å². The Labute approximate surface area is 209 Å². The zero-order valence-corrected chi connectivity index (χ0v) is 21.1. The first-order valence-corrected chi connectivity index (χ1v) is 13.4. The van der Waals surface area contributed by atoms with Crippen molar-refractivity contribution in [3.05, 3.63) is 35.6 Å². The second kappa shape index (κ2) is 14.3. The predicted molar refractivity (Wildman–Crippen MR) is 136 cm³/mol. The average molecular weight is 491 g/mol. The van der Waals surface area contributed by atoms with Crippen LogP contribution < -0.4 is 16.0 Å². The fourth-order valence-corrected chi connectivity index (χ4v) is 5.98. The van der Waals surface area contributed by atoms with Crippen molar-refractivity contribution >= 4 is 12.1 Å². The summed E-state index contributed by atoms with van der Waals surface area (Å²) < 4.78 is 14.0. The van der Waals surface area contributed by atoms with E-state index >= 15 is 0 Å². The van der Waals surface area contributed by atoms with Crippen LogP contribution in [0.4, 0.5) is 14.0 Å². The third kappa shape index (κ3) is 8.98. The Kier molecular flexibility index (Phi) is 11.1. The molecule has 1 saturated carbocycles. The highest BCUT2D eigenvalue weighted by molar-refractivity contribution is 5.74. The molecule has 2 fully saturated rings. The van der Waals surface area contributed by atoms with Crippen molar-refractivity contribution in [1.82, 2.24) is 20.9 Å². The zero-order valence-electron chi connectivity index (χ0n) is 21.1. The number of likely N-dealkylation sites (N-methyl/N-ethyl adjacent to an activating group) is 1. The lowest BCUT2D eigenvalue weighted by Crippen LogP contribution is -2.51. The van der Waals surface area contributed by atoms with Crippen molar-refractivity contribution in [3.8, 4) is 0 Å². The van der Waals surface area contributed by atoms with Gasteiger partial charge in [0, 0.05) is 32.2 Å². The van der Waals surface area contributed by atoms with Crippen molar-refractivity contribution < 1.29 is 19.1 Å². The summed E-state index contributed by atoms with van der Waals surface area (Å²) in [6.45, 7) is 2.50. The number of likely N-dealkylation sites (tertiary alicyclic amines) is 1. The van der Waals surface area contributed by atoms with E-state index in [9.17, 15) is 14.0 Å². The van der Waals surface area contributed by atoms with Gasteiger partial charge in [-0.05, 0) is 74.6 Å². The van der Waals surface area contributed by atoms with E-state index in [4.69, 9.17) is 5.11 Å². The molecule has 3 atom stereocenters. The maximum atomic E-state index is 14.0. The van der Waals surface area contributed by atoms with E-state index in [0.29, 0.717) is 25.4 Å². The average Bonchev–Trinajstić information content (AvgIpc) is 2.84. The van der Waals surface area contributed by atoms with E-state index in [1.54, 1.807) is 12.1 Å². The summed E-state index contributed by atoms with van der Waals surface area (Å²) in [7, 11) is 1.93. The molecule has 0 unspecified atom stereocenters. The third-order valence-corrected chi connectivity index (χ3v) is 7.68. The Hall–Kier alpha value is -2.35. The molecule has 1 saturated heterocycles. The highest BCUT2D eigenvalue weighted by Gasteiger charge is 2.31. The first-order valence-electron chi connectivity index (χ1n) is 13.4. The van der Waals surface area contributed by atoms with Gasteiger partial charge in [-0.25, -0.2) is 14.0 Å². The van der Waals surface area contributed by atoms with Crippen LogP contribution in [-0.2, 0) is 0 Å². The summed E-state index contributed by atoms with van der Waals surface area (Å²) in [6, 6.07) is 6.83. The van der Waals surface area contributed by atoms with E-state index in [2.05, 4.69) is 16.0 Å². The summed E-state index contributed by atoms with van der Waals surface area (Å²) in [5.41, 5.74) is 0.929. The molecular formula is C27H43FN4O3. The van der Waals surface area contributed by atoms with E-state index in [1.165, 1.54) is 38.2 Å². The van der Waals surface area contributed by atoms with Gasteiger partial charge in [-0.2, -0.15) is 0 Å². The van der Waals surface area contributed by atoms with Gasteiger partial charge in [-0.3, -0.25) is 0 Å². The second-order valence-electron chi connectivity index (χ2n) is 10.3. The minimum atomic E-state index is -1.03. The van der Waals surface area contributed by atoms with Gasteiger partial charge in [0.05, 0.1) is 0 Å². The molecule has 3 amide bonds. The number of urea groups is 1. The van der Waals surface area contributed by atoms with Crippen molar-refractivity contribution in [3.63, 3.8) is 0 Å². The molecule has 8 heteroatoms. The van der Waals surface area contributed by atoms with Gasteiger partial charge in [0.2, 0.25) is 0 Å². The van der Waals surface area contributed by atoms with E-state index in [1.807, 2.05) is 18.0 Å². The molecule has 0 spiro atoms. The van der Waals surface area contributed by atoms with Gasteiger partial charge in [0.15, 0.2) is 0 Å². The SMILES string of the molecule is CNC[C@H](CC1CCCCC1)NC(=O)N1CCC[C@@H]([C@H](CCCNC(=O)O)c2cccc(F)c2)C1. The molecule has 1 aliphatic heterocycles. The van der Waals surface area contributed by atoms with Gasteiger partial charge in [0.1, 0.15) is 5.82 Å². The van der Waals surface area contributed by atoms with Crippen molar-refractivity contribution in [2.75, 3.05) is 33.2 Å². The van der Waals surface area contributed by atoms with Gasteiger partial charge in [-0.1, -0.05) is 44.2 Å². The van der Waals surface area contributed by atoms with E-state index in [0.717, 1.165) is 44.3 Å². The van der Waals surface area contributed by atoms with Crippen LogP contribution in [0.5, 0.6) is 0 Å². The summed E-state index contributed by atoms with van der Waals surface area (Å²) in [5, 5.41) is 17.8. The number of hydrogen-bond acceptors (Lipinski definition) is 3. The highest BCUT2D eigenvalue weighted by atomic mass is 19.1. The molecule has 0 radical (unpaired) electrons. The molecule has 1 heterocycles. The molecule has 0 bridgehead atoms. The van der Waals surface area contributed by atoms with Crippen LogP contribution in [0, 0.1) is 17.7 Å².